The SMILES string of the molecule is C=C1/C(=C\C=C/C)C(C)CC2(N)CC(C)CC1C2.CC. The first kappa shape index (κ1) is 17.2. The van der Waals surface area contributed by atoms with Gasteiger partial charge in [0.1, 0.15) is 0 Å². The van der Waals surface area contributed by atoms with Crippen LogP contribution in [0.2, 0.25) is 0 Å². The first-order valence-corrected chi connectivity index (χ1v) is 8.26. The van der Waals surface area contributed by atoms with Crippen molar-refractivity contribution >= 4 is 0 Å². The molecule has 0 aromatic heterocycles. The zero-order valence-corrected chi connectivity index (χ0v) is 14.1. The summed E-state index contributed by atoms with van der Waals surface area (Å²) in [4.78, 5) is 0. The Bertz CT molecular complexity index is 391. The van der Waals surface area contributed by atoms with Crippen molar-refractivity contribution in [3.05, 3.63) is 36.0 Å². The largest absolute Gasteiger partial charge is 0.325 e. The molecule has 1 nitrogen and oxygen atoms in total. The standard InChI is InChI=1S/C17H27N.C2H6/c1-5-6-7-16-13(3)10-17(18)9-12(2)8-15(11-17)14(16)4;1-2/h5-7,12-13,15H,4,8-11,18H2,1-3H3;1-2H3/b6-5-,16-7-;. The normalized spacial score (nSPS) is 39.4. The highest BCUT2D eigenvalue weighted by atomic mass is 14.8. The van der Waals surface area contributed by atoms with E-state index in [-0.39, 0.29) is 5.54 Å². The first-order chi connectivity index (χ1) is 9.45. The molecule has 0 radical (unpaired) electrons. The van der Waals surface area contributed by atoms with Crippen LogP contribution in [-0.2, 0) is 0 Å². The number of hydrogen-bond donors (Lipinski definition) is 1. The van der Waals surface area contributed by atoms with Crippen LogP contribution in [0.4, 0.5) is 0 Å². The van der Waals surface area contributed by atoms with Crippen LogP contribution in [0.1, 0.15) is 60.3 Å². The maximum atomic E-state index is 6.65. The van der Waals surface area contributed by atoms with E-state index in [9.17, 15) is 0 Å². The van der Waals surface area contributed by atoms with Crippen LogP contribution >= 0.6 is 0 Å². The van der Waals surface area contributed by atoms with Crippen LogP contribution in [-0.4, -0.2) is 5.54 Å². The Morgan fingerprint density at radius 1 is 1.20 bits per heavy atom. The quantitative estimate of drug-likeness (QED) is 0.695. The van der Waals surface area contributed by atoms with Gasteiger partial charge in [0.15, 0.2) is 0 Å². The average molecular weight is 275 g/mol. The lowest BCUT2D eigenvalue weighted by Crippen LogP contribution is -2.46. The van der Waals surface area contributed by atoms with Gasteiger partial charge in [-0.3, -0.25) is 0 Å². The van der Waals surface area contributed by atoms with E-state index in [2.05, 4.69) is 45.6 Å². The number of fused-ring (bicyclic) bond motifs is 2. The maximum Gasteiger partial charge on any atom is 0.0168 e. The van der Waals surface area contributed by atoms with Gasteiger partial charge in [-0.25, -0.2) is 0 Å². The summed E-state index contributed by atoms with van der Waals surface area (Å²) in [6.07, 6.45) is 11.2. The molecule has 0 aromatic rings. The second-order valence-electron chi connectivity index (χ2n) is 6.59. The van der Waals surface area contributed by atoms with Crippen molar-refractivity contribution in [1.82, 2.24) is 0 Å². The maximum absolute atomic E-state index is 6.65. The van der Waals surface area contributed by atoms with Gasteiger partial charge in [-0.2, -0.15) is 0 Å². The Balaban J connectivity index is 0.000000956. The van der Waals surface area contributed by atoms with Crippen LogP contribution in [0.25, 0.3) is 0 Å². The molecule has 0 saturated heterocycles. The Morgan fingerprint density at radius 3 is 2.45 bits per heavy atom. The third-order valence-corrected chi connectivity index (χ3v) is 4.67. The number of allylic oxidation sites excluding steroid dienone is 5. The molecular formula is C19H33N. The van der Waals surface area contributed by atoms with Crippen molar-refractivity contribution in [2.45, 2.75) is 65.8 Å². The summed E-state index contributed by atoms with van der Waals surface area (Å²) in [7, 11) is 0. The van der Waals surface area contributed by atoms with E-state index in [1.165, 1.54) is 24.0 Å². The molecule has 0 aliphatic heterocycles. The topological polar surface area (TPSA) is 26.0 Å². The predicted octanol–water partition coefficient (Wildman–Crippen LogP) is 5.24. The summed E-state index contributed by atoms with van der Waals surface area (Å²) in [5, 5.41) is 0. The van der Waals surface area contributed by atoms with Gasteiger partial charge in [-0.1, -0.05) is 52.5 Å². The Kier molecular flexibility index (Phi) is 6.26. The van der Waals surface area contributed by atoms with Gasteiger partial charge in [0, 0.05) is 5.54 Å². The molecule has 2 aliphatic carbocycles. The minimum atomic E-state index is 0.0379. The molecule has 2 saturated carbocycles. The molecule has 114 valence electrons. The summed E-state index contributed by atoms with van der Waals surface area (Å²) < 4.78 is 0. The van der Waals surface area contributed by atoms with Gasteiger partial charge < -0.3 is 5.73 Å². The van der Waals surface area contributed by atoms with E-state index in [1.807, 2.05) is 13.8 Å². The summed E-state index contributed by atoms with van der Waals surface area (Å²) in [6, 6.07) is 0. The van der Waals surface area contributed by atoms with Crippen LogP contribution < -0.4 is 5.73 Å². The lowest BCUT2D eigenvalue weighted by molar-refractivity contribution is 0.184. The minimum absolute atomic E-state index is 0.0379. The molecule has 2 aliphatic rings. The highest BCUT2D eigenvalue weighted by Gasteiger charge is 2.42. The highest BCUT2D eigenvalue weighted by molar-refractivity contribution is 5.38. The molecule has 4 atom stereocenters. The van der Waals surface area contributed by atoms with Crippen molar-refractivity contribution in [1.29, 1.82) is 0 Å². The van der Waals surface area contributed by atoms with Gasteiger partial charge in [0.25, 0.3) is 0 Å². The summed E-state index contributed by atoms with van der Waals surface area (Å²) in [5.41, 5.74) is 9.46. The molecule has 4 unspecified atom stereocenters. The summed E-state index contributed by atoms with van der Waals surface area (Å²) >= 11 is 0. The number of rotatable bonds is 1. The Morgan fingerprint density at radius 2 is 1.85 bits per heavy atom. The second-order valence-corrected chi connectivity index (χ2v) is 6.59. The summed E-state index contributed by atoms with van der Waals surface area (Å²) in [5.74, 6) is 1.87. The van der Waals surface area contributed by atoms with Crippen LogP contribution in [0, 0.1) is 17.8 Å². The fraction of sp³-hybridized carbons (Fsp3) is 0.684. The number of nitrogens with two attached hydrogens (primary N) is 1. The molecule has 0 aromatic carbocycles. The van der Waals surface area contributed by atoms with Crippen molar-refractivity contribution in [3.63, 3.8) is 0 Å². The molecule has 20 heavy (non-hydrogen) atoms. The van der Waals surface area contributed by atoms with E-state index in [0.717, 1.165) is 18.8 Å². The van der Waals surface area contributed by atoms with E-state index < -0.39 is 0 Å². The molecular weight excluding hydrogens is 242 g/mol. The first-order valence-electron chi connectivity index (χ1n) is 8.26. The summed E-state index contributed by atoms with van der Waals surface area (Å²) in [6.45, 7) is 15.1. The molecule has 2 N–H and O–H groups in total. The highest BCUT2D eigenvalue weighted by Crippen LogP contribution is 2.47. The van der Waals surface area contributed by atoms with Gasteiger partial charge in [-0.15, -0.1) is 0 Å². The smallest absolute Gasteiger partial charge is 0.0168 e. The fourth-order valence-electron chi connectivity index (χ4n) is 4.10. The molecule has 2 bridgehead atoms. The van der Waals surface area contributed by atoms with Gasteiger partial charge in [0.2, 0.25) is 0 Å². The molecule has 0 heterocycles. The van der Waals surface area contributed by atoms with Crippen LogP contribution in [0.15, 0.2) is 36.0 Å². The Labute approximate surface area is 126 Å². The third-order valence-electron chi connectivity index (χ3n) is 4.67. The van der Waals surface area contributed by atoms with Crippen molar-refractivity contribution in [3.8, 4) is 0 Å². The zero-order valence-electron chi connectivity index (χ0n) is 14.1. The monoisotopic (exact) mass is 275 g/mol. The second kappa shape index (κ2) is 7.26. The molecule has 2 rings (SSSR count). The molecule has 1 heteroatoms. The zero-order chi connectivity index (χ0) is 15.3. The van der Waals surface area contributed by atoms with Crippen LogP contribution in [0.3, 0.4) is 0 Å². The van der Waals surface area contributed by atoms with Crippen molar-refractivity contribution in [2.24, 2.45) is 23.5 Å². The molecule has 0 amide bonds. The third kappa shape index (κ3) is 3.85. The number of hydrogen-bond acceptors (Lipinski definition) is 1. The fourth-order valence-corrected chi connectivity index (χ4v) is 4.10. The lowest BCUT2D eigenvalue weighted by Gasteiger charge is -2.40. The van der Waals surface area contributed by atoms with E-state index >= 15 is 0 Å². The van der Waals surface area contributed by atoms with Gasteiger partial charge in [-0.05, 0) is 61.5 Å². The van der Waals surface area contributed by atoms with Gasteiger partial charge in [0.05, 0.1) is 0 Å². The van der Waals surface area contributed by atoms with E-state index in [1.54, 1.807) is 0 Å². The van der Waals surface area contributed by atoms with Crippen molar-refractivity contribution < 1.29 is 0 Å². The minimum Gasteiger partial charge on any atom is -0.325 e. The van der Waals surface area contributed by atoms with Gasteiger partial charge >= 0.3 is 0 Å². The average Bonchev–Trinajstić information content (AvgIpc) is 2.44. The van der Waals surface area contributed by atoms with Crippen LogP contribution in [0.5, 0.6) is 0 Å². The predicted molar refractivity (Wildman–Crippen MR) is 90.6 cm³/mol. The lowest BCUT2D eigenvalue weighted by atomic mass is 9.70. The van der Waals surface area contributed by atoms with Crippen molar-refractivity contribution in [2.75, 3.05) is 0 Å². The molecule has 0 spiro atoms. The van der Waals surface area contributed by atoms with E-state index in [4.69, 9.17) is 5.73 Å². The Hall–Kier alpha value is -0.820. The molecule has 2 fully saturated rings. The van der Waals surface area contributed by atoms with E-state index in [0.29, 0.717) is 11.8 Å².